The maximum absolute atomic E-state index is 12.1. The number of hydrogen-bond acceptors (Lipinski definition) is 6. The van der Waals surface area contributed by atoms with Crippen molar-refractivity contribution in [3.05, 3.63) is 62.4 Å². The van der Waals surface area contributed by atoms with E-state index in [0.717, 1.165) is 11.8 Å². The topological polar surface area (TPSA) is 77.2 Å². The predicted octanol–water partition coefficient (Wildman–Crippen LogP) is 6.43. The Bertz CT molecular complexity index is 1030. The third-order valence-corrected chi connectivity index (χ3v) is 5.86. The lowest BCUT2D eigenvalue weighted by molar-refractivity contribution is -0.113. The molecule has 0 spiro atoms. The second-order valence-corrected chi connectivity index (χ2v) is 8.48. The molecule has 1 heterocycles. The van der Waals surface area contributed by atoms with Gasteiger partial charge in [0, 0.05) is 11.4 Å². The molecule has 1 N–H and O–H groups in total. The van der Waals surface area contributed by atoms with Crippen LogP contribution in [0, 0.1) is 0 Å². The molecule has 0 bridgehead atoms. The van der Waals surface area contributed by atoms with Gasteiger partial charge in [-0.3, -0.25) is 4.79 Å². The first-order valence-corrected chi connectivity index (χ1v) is 11.2. The zero-order valence-electron chi connectivity index (χ0n) is 15.3. The van der Waals surface area contributed by atoms with Crippen molar-refractivity contribution < 1.29 is 13.9 Å². The minimum absolute atomic E-state index is 0.0860. The van der Waals surface area contributed by atoms with E-state index in [1.165, 1.54) is 0 Å². The van der Waals surface area contributed by atoms with E-state index < -0.39 is 0 Å². The molecule has 1 aromatic heterocycles. The number of carbonyl (C=O) groups excluding carboxylic acids is 1. The summed E-state index contributed by atoms with van der Waals surface area (Å²) in [5.74, 6) is 0.843. The number of anilines is 1. The normalized spacial score (nSPS) is 10.8. The van der Waals surface area contributed by atoms with Crippen LogP contribution in [-0.2, 0) is 11.2 Å². The van der Waals surface area contributed by atoms with E-state index in [1.807, 2.05) is 0 Å². The molecule has 11 heteroatoms. The van der Waals surface area contributed by atoms with Crippen molar-refractivity contribution in [1.29, 1.82) is 0 Å². The van der Waals surface area contributed by atoms with Gasteiger partial charge in [-0.15, -0.1) is 10.2 Å². The minimum atomic E-state index is -0.267. The molecule has 0 aliphatic carbocycles. The Kier molecular flexibility index (Phi) is 8.53. The molecule has 0 fully saturated rings. The molecule has 3 rings (SSSR count). The number of aromatic nitrogens is 2. The first kappa shape index (κ1) is 23.0. The van der Waals surface area contributed by atoms with Crippen LogP contribution in [0.15, 0.2) is 46.0 Å². The SMILES string of the molecule is O=C(CSc1nnc(CCCOc2ccc(Cl)cc2Cl)o1)Nc1cccc(Cl)c1Cl. The quantitative estimate of drug-likeness (QED) is 0.266. The van der Waals surface area contributed by atoms with Crippen LogP contribution in [0.25, 0.3) is 0 Å². The summed E-state index contributed by atoms with van der Waals surface area (Å²) in [5, 5.41) is 12.6. The number of aryl methyl sites for hydroxylation is 1. The van der Waals surface area contributed by atoms with Crippen LogP contribution in [0.5, 0.6) is 5.75 Å². The number of rotatable bonds is 9. The molecule has 0 radical (unpaired) electrons. The summed E-state index contributed by atoms with van der Waals surface area (Å²) in [7, 11) is 0. The number of thioether (sulfide) groups is 1. The van der Waals surface area contributed by atoms with Gasteiger partial charge in [-0.1, -0.05) is 64.2 Å². The maximum atomic E-state index is 12.1. The van der Waals surface area contributed by atoms with E-state index in [9.17, 15) is 4.79 Å². The van der Waals surface area contributed by atoms with E-state index in [-0.39, 0.29) is 11.7 Å². The Morgan fingerprint density at radius 3 is 2.73 bits per heavy atom. The number of carbonyl (C=O) groups is 1. The lowest BCUT2D eigenvalue weighted by Crippen LogP contribution is -2.14. The molecule has 0 saturated heterocycles. The molecule has 3 aromatic rings. The van der Waals surface area contributed by atoms with Gasteiger partial charge in [0.1, 0.15) is 5.75 Å². The van der Waals surface area contributed by atoms with E-state index in [2.05, 4.69) is 15.5 Å². The van der Waals surface area contributed by atoms with Crippen LogP contribution >= 0.6 is 58.2 Å². The van der Waals surface area contributed by atoms with Gasteiger partial charge in [0.25, 0.3) is 5.22 Å². The van der Waals surface area contributed by atoms with Crippen molar-refractivity contribution in [1.82, 2.24) is 10.2 Å². The minimum Gasteiger partial charge on any atom is -0.492 e. The molecule has 1 amide bonds. The van der Waals surface area contributed by atoms with E-state index in [1.54, 1.807) is 36.4 Å². The van der Waals surface area contributed by atoms with Gasteiger partial charge >= 0.3 is 0 Å². The highest BCUT2D eigenvalue weighted by atomic mass is 35.5. The molecule has 2 aromatic carbocycles. The number of amides is 1. The number of nitrogens with one attached hydrogen (secondary N) is 1. The molecular formula is C19H15Cl4N3O3S. The molecule has 0 atom stereocenters. The first-order chi connectivity index (χ1) is 14.4. The van der Waals surface area contributed by atoms with Crippen LogP contribution in [0.4, 0.5) is 5.69 Å². The highest BCUT2D eigenvalue weighted by Gasteiger charge is 2.12. The molecule has 6 nitrogen and oxygen atoms in total. The van der Waals surface area contributed by atoms with Gasteiger partial charge in [-0.25, -0.2) is 0 Å². The number of ether oxygens (including phenoxy) is 1. The van der Waals surface area contributed by atoms with Crippen molar-refractivity contribution >= 4 is 69.8 Å². The van der Waals surface area contributed by atoms with Crippen LogP contribution < -0.4 is 10.1 Å². The Balaban J connectivity index is 1.40. The van der Waals surface area contributed by atoms with E-state index in [4.69, 9.17) is 55.6 Å². The number of nitrogens with zero attached hydrogens (tertiary/aromatic N) is 2. The van der Waals surface area contributed by atoms with Gasteiger partial charge in [0.15, 0.2) is 0 Å². The van der Waals surface area contributed by atoms with Crippen LogP contribution in [0.2, 0.25) is 20.1 Å². The third-order valence-electron chi connectivity index (χ3n) is 3.69. The largest absolute Gasteiger partial charge is 0.492 e. The Morgan fingerprint density at radius 2 is 1.93 bits per heavy atom. The van der Waals surface area contributed by atoms with Gasteiger partial charge < -0.3 is 14.5 Å². The molecule has 0 unspecified atom stereocenters. The van der Waals surface area contributed by atoms with E-state index in [0.29, 0.717) is 62.1 Å². The van der Waals surface area contributed by atoms with E-state index >= 15 is 0 Å². The molecular weight excluding hydrogens is 492 g/mol. The Morgan fingerprint density at radius 1 is 1.10 bits per heavy atom. The van der Waals surface area contributed by atoms with Crippen molar-refractivity contribution in [3.8, 4) is 5.75 Å². The Labute approximate surface area is 197 Å². The fourth-order valence-corrected chi connectivity index (χ4v) is 3.70. The summed E-state index contributed by atoms with van der Waals surface area (Å²) in [6, 6.07) is 10.1. The summed E-state index contributed by atoms with van der Waals surface area (Å²) >= 11 is 25.0. The van der Waals surface area contributed by atoms with Crippen molar-refractivity contribution in [2.45, 2.75) is 18.1 Å². The van der Waals surface area contributed by atoms with Gasteiger partial charge in [-0.2, -0.15) is 0 Å². The van der Waals surface area contributed by atoms with Gasteiger partial charge in [0.2, 0.25) is 11.8 Å². The van der Waals surface area contributed by atoms with Crippen LogP contribution in [0.3, 0.4) is 0 Å². The zero-order valence-corrected chi connectivity index (χ0v) is 19.2. The highest BCUT2D eigenvalue weighted by Crippen LogP contribution is 2.30. The smallest absolute Gasteiger partial charge is 0.277 e. The lowest BCUT2D eigenvalue weighted by atomic mass is 10.3. The number of halogens is 4. The predicted molar refractivity (Wildman–Crippen MR) is 120 cm³/mol. The van der Waals surface area contributed by atoms with Gasteiger partial charge in [0.05, 0.1) is 33.1 Å². The third kappa shape index (κ3) is 6.68. The number of hydrogen-bond donors (Lipinski definition) is 1. The zero-order chi connectivity index (χ0) is 21.5. The molecule has 158 valence electrons. The summed E-state index contributed by atoms with van der Waals surface area (Å²) in [6.07, 6.45) is 1.18. The molecule has 0 aliphatic rings. The Hall–Kier alpha value is -1.64. The first-order valence-electron chi connectivity index (χ1n) is 8.69. The fourth-order valence-electron chi connectivity index (χ4n) is 2.31. The highest BCUT2D eigenvalue weighted by molar-refractivity contribution is 7.99. The number of benzene rings is 2. The summed E-state index contributed by atoms with van der Waals surface area (Å²) in [6.45, 7) is 0.426. The van der Waals surface area contributed by atoms with Crippen LogP contribution in [0.1, 0.15) is 12.3 Å². The second-order valence-electron chi connectivity index (χ2n) is 5.93. The molecule has 30 heavy (non-hydrogen) atoms. The van der Waals surface area contributed by atoms with Gasteiger partial charge in [-0.05, 0) is 36.8 Å². The average Bonchev–Trinajstić information content (AvgIpc) is 3.16. The lowest BCUT2D eigenvalue weighted by Gasteiger charge is -2.07. The molecule has 0 saturated carbocycles. The fraction of sp³-hybridized carbons (Fsp3) is 0.211. The monoisotopic (exact) mass is 505 g/mol. The summed E-state index contributed by atoms with van der Waals surface area (Å²) < 4.78 is 11.1. The average molecular weight is 507 g/mol. The summed E-state index contributed by atoms with van der Waals surface area (Å²) in [5.41, 5.74) is 0.446. The molecule has 0 aliphatic heterocycles. The standard InChI is InChI=1S/C19H15Cl4N3O3S/c20-11-6-7-15(13(22)9-11)28-8-2-5-17-25-26-19(29-17)30-10-16(27)24-14-4-1-3-12(21)18(14)23/h1,3-4,6-7,9H,2,5,8,10H2,(H,24,27). The van der Waals surface area contributed by atoms with Crippen LogP contribution in [-0.4, -0.2) is 28.5 Å². The maximum Gasteiger partial charge on any atom is 0.277 e. The van der Waals surface area contributed by atoms with Crippen molar-refractivity contribution in [2.75, 3.05) is 17.7 Å². The summed E-state index contributed by atoms with van der Waals surface area (Å²) in [4.78, 5) is 12.1. The second kappa shape index (κ2) is 11.1. The van der Waals surface area contributed by atoms with Crippen molar-refractivity contribution in [2.24, 2.45) is 0 Å². The van der Waals surface area contributed by atoms with Crippen molar-refractivity contribution in [3.63, 3.8) is 0 Å².